The van der Waals surface area contributed by atoms with Gasteiger partial charge in [0.15, 0.2) is 0 Å². The molecule has 0 amide bonds. The van der Waals surface area contributed by atoms with Gasteiger partial charge < -0.3 is 5.11 Å². The number of rotatable bonds is 2. The quantitative estimate of drug-likeness (QED) is 0.655. The zero-order valence-electron chi connectivity index (χ0n) is 14.3. The summed E-state index contributed by atoms with van der Waals surface area (Å²) in [5.41, 5.74) is 7.86. The molecule has 0 saturated carbocycles. The van der Waals surface area contributed by atoms with Crippen molar-refractivity contribution in [1.82, 2.24) is 0 Å². The van der Waals surface area contributed by atoms with Crippen LogP contribution in [0.25, 0.3) is 0 Å². The van der Waals surface area contributed by atoms with E-state index in [-0.39, 0.29) is 0 Å². The molecular formula is C24H22O. The second-order valence-electron chi connectivity index (χ2n) is 7.37. The molecule has 124 valence electrons. The van der Waals surface area contributed by atoms with Gasteiger partial charge in [0.25, 0.3) is 0 Å². The highest BCUT2D eigenvalue weighted by Crippen LogP contribution is 2.47. The van der Waals surface area contributed by atoms with Crippen molar-refractivity contribution in [3.63, 3.8) is 0 Å². The summed E-state index contributed by atoms with van der Waals surface area (Å²) in [5, 5.41) is 11.2. The molecule has 1 N–H and O–H groups in total. The van der Waals surface area contributed by atoms with E-state index >= 15 is 0 Å². The van der Waals surface area contributed by atoms with Crippen LogP contribution in [0.15, 0.2) is 66.7 Å². The number of aromatic hydroxyl groups is 1. The Balaban J connectivity index is 1.58. The molecule has 0 radical (unpaired) electrons. The number of phenols is 1. The maximum Gasteiger partial charge on any atom is 0.123 e. The van der Waals surface area contributed by atoms with Crippen LogP contribution < -0.4 is 0 Å². The number of fused-ring (bicyclic) bond motifs is 2. The Morgan fingerprint density at radius 3 is 1.52 bits per heavy atom. The van der Waals surface area contributed by atoms with Gasteiger partial charge in [0.05, 0.1) is 0 Å². The van der Waals surface area contributed by atoms with Crippen LogP contribution >= 0.6 is 0 Å². The van der Waals surface area contributed by atoms with E-state index in [1.807, 2.05) is 0 Å². The van der Waals surface area contributed by atoms with Gasteiger partial charge in [0.2, 0.25) is 0 Å². The van der Waals surface area contributed by atoms with E-state index in [1.54, 1.807) is 0 Å². The van der Waals surface area contributed by atoms with Crippen molar-refractivity contribution in [2.45, 2.75) is 37.5 Å². The Kier molecular flexibility index (Phi) is 3.41. The van der Waals surface area contributed by atoms with Crippen LogP contribution in [0.3, 0.4) is 0 Å². The maximum absolute atomic E-state index is 11.2. The van der Waals surface area contributed by atoms with E-state index in [0.717, 1.165) is 36.8 Å². The molecule has 0 saturated heterocycles. The normalized spacial score (nSPS) is 21.1. The number of para-hydroxylation sites is 1. The summed E-state index contributed by atoms with van der Waals surface area (Å²) in [6.07, 6.45) is 4.41. The fourth-order valence-corrected chi connectivity index (χ4v) is 4.90. The first-order valence-corrected chi connectivity index (χ1v) is 9.30. The molecule has 3 aromatic rings. The number of aryl methyl sites for hydroxylation is 2. The molecule has 2 unspecified atom stereocenters. The molecule has 0 heterocycles. The van der Waals surface area contributed by atoms with E-state index in [1.165, 1.54) is 22.3 Å². The van der Waals surface area contributed by atoms with E-state index in [9.17, 15) is 5.11 Å². The highest BCUT2D eigenvalue weighted by Gasteiger charge is 2.30. The molecule has 1 nitrogen and oxygen atoms in total. The van der Waals surface area contributed by atoms with Gasteiger partial charge in [-0.05, 0) is 47.9 Å². The van der Waals surface area contributed by atoms with Gasteiger partial charge in [-0.25, -0.2) is 0 Å². The van der Waals surface area contributed by atoms with Gasteiger partial charge in [-0.3, -0.25) is 0 Å². The molecule has 0 fully saturated rings. The van der Waals surface area contributed by atoms with Crippen LogP contribution in [-0.2, 0) is 12.8 Å². The maximum atomic E-state index is 11.2. The van der Waals surface area contributed by atoms with Crippen molar-refractivity contribution in [1.29, 1.82) is 0 Å². The summed E-state index contributed by atoms with van der Waals surface area (Å²) in [6, 6.07) is 23.7. The van der Waals surface area contributed by atoms with Crippen LogP contribution in [0, 0.1) is 0 Å². The lowest BCUT2D eigenvalue weighted by Crippen LogP contribution is -2.02. The topological polar surface area (TPSA) is 20.2 Å². The van der Waals surface area contributed by atoms with Crippen molar-refractivity contribution in [2.24, 2.45) is 0 Å². The first-order chi connectivity index (χ1) is 12.3. The lowest BCUT2D eigenvalue weighted by atomic mass is 9.86. The second kappa shape index (κ2) is 5.77. The minimum Gasteiger partial charge on any atom is -0.507 e. The lowest BCUT2D eigenvalue weighted by Gasteiger charge is -2.20. The van der Waals surface area contributed by atoms with Gasteiger partial charge in [-0.15, -0.1) is 0 Å². The monoisotopic (exact) mass is 326 g/mol. The van der Waals surface area contributed by atoms with Crippen molar-refractivity contribution in [2.75, 3.05) is 0 Å². The van der Waals surface area contributed by atoms with Gasteiger partial charge >= 0.3 is 0 Å². The third-order valence-electron chi connectivity index (χ3n) is 6.11. The molecule has 5 rings (SSSR count). The van der Waals surface area contributed by atoms with Crippen molar-refractivity contribution in [3.05, 3.63) is 100 Å². The molecule has 0 bridgehead atoms. The van der Waals surface area contributed by atoms with Crippen molar-refractivity contribution < 1.29 is 5.11 Å². The average Bonchev–Trinajstić information content (AvgIpc) is 3.26. The van der Waals surface area contributed by atoms with Gasteiger partial charge in [-0.1, -0.05) is 66.7 Å². The lowest BCUT2D eigenvalue weighted by molar-refractivity contribution is 0.453. The third-order valence-corrected chi connectivity index (χ3v) is 6.11. The molecule has 2 aliphatic rings. The van der Waals surface area contributed by atoms with E-state index in [0.29, 0.717) is 17.6 Å². The first-order valence-electron chi connectivity index (χ1n) is 9.30. The number of hydrogen-bond acceptors (Lipinski definition) is 1. The second-order valence-corrected chi connectivity index (χ2v) is 7.37. The summed E-state index contributed by atoms with van der Waals surface area (Å²) >= 11 is 0. The molecule has 0 aromatic heterocycles. The van der Waals surface area contributed by atoms with Crippen molar-refractivity contribution in [3.8, 4) is 5.75 Å². The smallest absolute Gasteiger partial charge is 0.123 e. The standard InChI is InChI=1S/C24H22O/c25-24-22(20-14-12-16-6-1-3-8-18(16)20)10-5-11-23(24)21-15-13-17-7-2-4-9-19(17)21/h1-11,20-21,25H,12-15H2. The van der Waals surface area contributed by atoms with E-state index in [4.69, 9.17) is 0 Å². The van der Waals surface area contributed by atoms with Crippen molar-refractivity contribution >= 4 is 0 Å². The minimum atomic E-state index is 0.327. The van der Waals surface area contributed by atoms with Crippen LogP contribution in [0.5, 0.6) is 5.75 Å². The Labute approximate surface area is 149 Å². The molecule has 2 atom stereocenters. The van der Waals surface area contributed by atoms with Gasteiger partial charge in [0.1, 0.15) is 5.75 Å². The largest absolute Gasteiger partial charge is 0.507 e. The Bertz CT molecular complexity index is 867. The fourth-order valence-electron chi connectivity index (χ4n) is 4.90. The Morgan fingerprint density at radius 1 is 0.560 bits per heavy atom. The summed E-state index contributed by atoms with van der Waals surface area (Å²) in [6.45, 7) is 0. The SMILES string of the molecule is Oc1c(C2CCc3ccccc32)cccc1C1CCc2ccccc21. The first kappa shape index (κ1) is 14.8. The molecule has 2 aliphatic carbocycles. The molecular weight excluding hydrogens is 304 g/mol. The van der Waals surface area contributed by atoms with Crippen LogP contribution in [-0.4, -0.2) is 5.11 Å². The molecule has 0 spiro atoms. The average molecular weight is 326 g/mol. The zero-order chi connectivity index (χ0) is 16.8. The minimum absolute atomic E-state index is 0.327. The third kappa shape index (κ3) is 2.30. The fraction of sp³-hybridized carbons (Fsp3) is 0.250. The van der Waals surface area contributed by atoms with Gasteiger partial charge in [-0.2, -0.15) is 0 Å². The van der Waals surface area contributed by atoms with Gasteiger partial charge in [0, 0.05) is 23.0 Å². The Morgan fingerprint density at radius 2 is 1.00 bits per heavy atom. The summed E-state index contributed by atoms with van der Waals surface area (Å²) < 4.78 is 0. The highest BCUT2D eigenvalue weighted by atomic mass is 16.3. The molecule has 1 heteroatoms. The van der Waals surface area contributed by atoms with Crippen LogP contribution in [0.1, 0.15) is 58.1 Å². The zero-order valence-corrected chi connectivity index (χ0v) is 14.3. The molecule has 0 aliphatic heterocycles. The highest BCUT2D eigenvalue weighted by molar-refractivity contribution is 5.54. The predicted octanol–water partition coefficient (Wildman–Crippen LogP) is 5.55. The number of hydrogen-bond donors (Lipinski definition) is 1. The number of benzene rings is 3. The summed E-state index contributed by atoms with van der Waals surface area (Å²) in [7, 11) is 0. The number of phenolic OH excluding ortho intramolecular Hbond substituents is 1. The van der Waals surface area contributed by atoms with E-state index < -0.39 is 0 Å². The summed E-state index contributed by atoms with van der Waals surface area (Å²) in [4.78, 5) is 0. The molecule has 3 aromatic carbocycles. The summed E-state index contributed by atoms with van der Waals surface area (Å²) in [5.74, 6) is 1.17. The Hall–Kier alpha value is -2.54. The van der Waals surface area contributed by atoms with Crippen LogP contribution in [0.2, 0.25) is 0 Å². The molecule has 25 heavy (non-hydrogen) atoms. The predicted molar refractivity (Wildman–Crippen MR) is 101 cm³/mol. The van der Waals surface area contributed by atoms with E-state index in [2.05, 4.69) is 66.7 Å². The van der Waals surface area contributed by atoms with Crippen LogP contribution in [0.4, 0.5) is 0 Å².